The third-order valence-electron chi connectivity index (χ3n) is 4.57. The molecule has 0 bridgehead atoms. The van der Waals surface area contributed by atoms with Gasteiger partial charge in [-0.05, 0) is 24.0 Å². The molecule has 2 N–H and O–H groups in total. The van der Waals surface area contributed by atoms with Gasteiger partial charge in [0.15, 0.2) is 0 Å². The fourth-order valence-corrected chi connectivity index (χ4v) is 3.23. The van der Waals surface area contributed by atoms with E-state index in [1.807, 2.05) is 37.4 Å². The monoisotopic (exact) mass is 300 g/mol. The maximum absolute atomic E-state index is 12.3. The van der Waals surface area contributed by atoms with Gasteiger partial charge in [0.05, 0.1) is 5.92 Å². The van der Waals surface area contributed by atoms with Crippen LogP contribution >= 0.6 is 0 Å². The molecule has 1 aromatic heterocycles. The summed E-state index contributed by atoms with van der Waals surface area (Å²) < 4.78 is 0. The second-order valence-corrected chi connectivity index (χ2v) is 6.08. The fraction of sp³-hybridized carbons (Fsp3) is 0.412. The maximum atomic E-state index is 12.3. The quantitative estimate of drug-likeness (QED) is 0.909. The molecule has 0 aliphatic carbocycles. The molecule has 1 aliphatic rings. The molecule has 1 saturated heterocycles. The number of carbonyl (C=O) groups excluding carboxylic acids is 1. The van der Waals surface area contributed by atoms with Gasteiger partial charge < -0.3 is 15.0 Å². The minimum atomic E-state index is -0.806. The second-order valence-electron chi connectivity index (χ2n) is 6.08. The van der Waals surface area contributed by atoms with Gasteiger partial charge in [-0.25, -0.2) is 0 Å². The molecule has 5 nitrogen and oxygen atoms in total. The zero-order valence-electron chi connectivity index (χ0n) is 12.6. The average Bonchev–Trinajstić information content (AvgIpc) is 3.08. The van der Waals surface area contributed by atoms with E-state index < -0.39 is 11.9 Å². The highest BCUT2D eigenvalue weighted by atomic mass is 16.4. The summed E-state index contributed by atoms with van der Waals surface area (Å²) in [5.41, 5.74) is 2.21. The molecule has 0 unspecified atom stereocenters. The fourth-order valence-electron chi connectivity index (χ4n) is 3.23. The molecule has 5 heteroatoms. The molecule has 0 saturated carbocycles. The van der Waals surface area contributed by atoms with E-state index in [9.17, 15) is 9.59 Å². The number of carbonyl (C=O) groups is 2. The van der Waals surface area contributed by atoms with Crippen molar-refractivity contribution in [2.45, 2.75) is 19.8 Å². The Bertz CT molecular complexity index is 707. The summed E-state index contributed by atoms with van der Waals surface area (Å²) in [4.78, 5) is 28.3. The molecule has 0 radical (unpaired) electrons. The summed E-state index contributed by atoms with van der Waals surface area (Å²) >= 11 is 0. The van der Waals surface area contributed by atoms with E-state index >= 15 is 0 Å². The summed E-state index contributed by atoms with van der Waals surface area (Å²) in [7, 11) is 0. The molecule has 1 amide bonds. The van der Waals surface area contributed by atoms with Crippen LogP contribution in [0.25, 0.3) is 10.9 Å². The number of benzene rings is 1. The average molecular weight is 300 g/mol. The topological polar surface area (TPSA) is 73.4 Å². The number of carboxylic acid groups (broad SMARTS) is 1. The van der Waals surface area contributed by atoms with Gasteiger partial charge in [0.2, 0.25) is 5.91 Å². The Labute approximate surface area is 128 Å². The lowest BCUT2D eigenvalue weighted by Crippen LogP contribution is -2.30. The largest absolute Gasteiger partial charge is 0.481 e. The highest BCUT2D eigenvalue weighted by molar-refractivity contribution is 5.84. The predicted molar refractivity (Wildman–Crippen MR) is 83.5 cm³/mol. The van der Waals surface area contributed by atoms with Crippen LogP contribution in [0.5, 0.6) is 0 Å². The number of rotatable bonds is 4. The van der Waals surface area contributed by atoms with Gasteiger partial charge >= 0.3 is 5.97 Å². The van der Waals surface area contributed by atoms with E-state index in [0.29, 0.717) is 25.9 Å². The SMILES string of the molecule is C[C@@H]1CN(C(=O)CCc2c[nH]c3ccccc23)C[C@H]1C(=O)O. The number of aromatic nitrogens is 1. The zero-order valence-corrected chi connectivity index (χ0v) is 12.6. The lowest BCUT2D eigenvalue weighted by Gasteiger charge is -2.15. The van der Waals surface area contributed by atoms with Crippen LogP contribution < -0.4 is 0 Å². The number of aryl methyl sites for hydroxylation is 1. The molecule has 116 valence electrons. The smallest absolute Gasteiger partial charge is 0.308 e. The third kappa shape index (κ3) is 2.71. The Morgan fingerprint density at radius 3 is 2.82 bits per heavy atom. The van der Waals surface area contributed by atoms with Crippen molar-refractivity contribution in [3.05, 3.63) is 36.0 Å². The van der Waals surface area contributed by atoms with Crippen molar-refractivity contribution in [1.82, 2.24) is 9.88 Å². The van der Waals surface area contributed by atoms with Gasteiger partial charge in [-0.1, -0.05) is 25.1 Å². The van der Waals surface area contributed by atoms with Crippen molar-refractivity contribution in [3.63, 3.8) is 0 Å². The van der Waals surface area contributed by atoms with Crippen molar-refractivity contribution in [3.8, 4) is 0 Å². The van der Waals surface area contributed by atoms with Crippen LogP contribution in [-0.2, 0) is 16.0 Å². The first-order valence-electron chi connectivity index (χ1n) is 7.62. The van der Waals surface area contributed by atoms with E-state index in [-0.39, 0.29) is 11.8 Å². The van der Waals surface area contributed by atoms with Crippen molar-refractivity contribution in [2.24, 2.45) is 11.8 Å². The van der Waals surface area contributed by atoms with Gasteiger partial charge in [0.25, 0.3) is 0 Å². The number of H-pyrrole nitrogens is 1. The molecule has 1 aromatic carbocycles. The summed E-state index contributed by atoms with van der Waals surface area (Å²) in [5, 5.41) is 10.3. The number of amides is 1. The lowest BCUT2D eigenvalue weighted by molar-refractivity contribution is -0.142. The number of nitrogens with zero attached hydrogens (tertiary/aromatic N) is 1. The number of likely N-dealkylation sites (tertiary alicyclic amines) is 1. The Morgan fingerprint density at radius 1 is 1.32 bits per heavy atom. The summed E-state index contributed by atoms with van der Waals surface area (Å²) in [6.45, 7) is 2.78. The van der Waals surface area contributed by atoms with Crippen LogP contribution in [0, 0.1) is 11.8 Å². The molecule has 1 aliphatic heterocycles. The Morgan fingerprint density at radius 2 is 2.09 bits per heavy atom. The van der Waals surface area contributed by atoms with Gasteiger partial charge in [-0.15, -0.1) is 0 Å². The minimum absolute atomic E-state index is 0.0227. The maximum Gasteiger partial charge on any atom is 0.308 e. The van der Waals surface area contributed by atoms with E-state index in [4.69, 9.17) is 5.11 Å². The Kier molecular flexibility index (Phi) is 3.88. The first-order chi connectivity index (χ1) is 10.6. The number of fused-ring (bicyclic) bond motifs is 1. The number of carboxylic acids is 1. The van der Waals surface area contributed by atoms with Crippen LogP contribution in [0.15, 0.2) is 30.5 Å². The lowest BCUT2D eigenvalue weighted by atomic mass is 9.99. The normalized spacial score (nSPS) is 21.4. The van der Waals surface area contributed by atoms with E-state index in [1.54, 1.807) is 4.90 Å². The standard InChI is InChI=1S/C17H20N2O3/c1-11-9-19(10-14(11)17(21)22)16(20)7-6-12-8-18-15-5-3-2-4-13(12)15/h2-5,8,11,14,18H,6-7,9-10H2,1H3,(H,21,22)/t11-,14-/m1/s1. The first-order valence-corrected chi connectivity index (χ1v) is 7.62. The van der Waals surface area contributed by atoms with Crippen LogP contribution in [0.4, 0.5) is 0 Å². The van der Waals surface area contributed by atoms with E-state index in [0.717, 1.165) is 16.5 Å². The number of para-hydroxylation sites is 1. The first kappa shape index (κ1) is 14.6. The van der Waals surface area contributed by atoms with Crippen molar-refractivity contribution >= 4 is 22.8 Å². The molecule has 2 heterocycles. The zero-order chi connectivity index (χ0) is 15.7. The van der Waals surface area contributed by atoms with Crippen molar-refractivity contribution in [1.29, 1.82) is 0 Å². The van der Waals surface area contributed by atoms with Gasteiger partial charge in [0.1, 0.15) is 0 Å². The number of aliphatic carboxylic acids is 1. The summed E-state index contributed by atoms with van der Waals surface area (Å²) in [6.07, 6.45) is 3.04. The highest BCUT2D eigenvalue weighted by Gasteiger charge is 2.36. The molecular formula is C17H20N2O3. The van der Waals surface area contributed by atoms with Gasteiger partial charge in [-0.2, -0.15) is 0 Å². The van der Waals surface area contributed by atoms with Crippen LogP contribution in [0.1, 0.15) is 18.9 Å². The molecule has 2 atom stereocenters. The van der Waals surface area contributed by atoms with Gasteiger partial charge in [-0.3, -0.25) is 9.59 Å². The summed E-state index contributed by atoms with van der Waals surface area (Å²) in [5.74, 6) is -1.17. The second kappa shape index (κ2) is 5.83. The Balaban J connectivity index is 1.62. The molecular weight excluding hydrogens is 280 g/mol. The van der Waals surface area contributed by atoms with Crippen molar-refractivity contribution < 1.29 is 14.7 Å². The minimum Gasteiger partial charge on any atom is -0.481 e. The molecule has 1 fully saturated rings. The van der Waals surface area contributed by atoms with E-state index in [2.05, 4.69) is 4.98 Å². The number of hydrogen-bond donors (Lipinski definition) is 2. The molecule has 3 rings (SSSR count). The van der Waals surface area contributed by atoms with Crippen molar-refractivity contribution in [2.75, 3.05) is 13.1 Å². The number of nitrogens with one attached hydrogen (secondary N) is 1. The summed E-state index contributed by atoms with van der Waals surface area (Å²) in [6, 6.07) is 8.02. The highest BCUT2D eigenvalue weighted by Crippen LogP contribution is 2.25. The van der Waals surface area contributed by atoms with Gasteiger partial charge in [0, 0.05) is 36.6 Å². The third-order valence-corrected chi connectivity index (χ3v) is 4.57. The van der Waals surface area contributed by atoms with Crippen LogP contribution in [-0.4, -0.2) is 40.0 Å². The van der Waals surface area contributed by atoms with Crippen LogP contribution in [0.2, 0.25) is 0 Å². The van der Waals surface area contributed by atoms with Crippen LogP contribution in [0.3, 0.4) is 0 Å². The van der Waals surface area contributed by atoms with E-state index in [1.165, 1.54) is 0 Å². The molecule has 2 aromatic rings. The molecule has 0 spiro atoms. The number of hydrogen-bond acceptors (Lipinski definition) is 2. The number of aromatic amines is 1. The predicted octanol–water partition coefficient (Wildman–Crippen LogP) is 2.28. The molecule has 22 heavy (non-hydrogen) atoms. The Hall–Kier alpha value is -2.30.